The first-order valence-electron chi connectivity index (χ1n) is 19.9. The molecule has 3 aliphatic carbocycles. The van der Waals surface area contributed by atoms with Crippen LogP contribution in [0.4, 0.5) is 0 Å². The van der Waals surface area contributed by atoms with E-state index in [1.165, 1.54) is 22.1 Å². The quantitative estimate of drug-likeness (QED) is 0.179. The topological polar surface area (TPSA) is 90.5 Å². The Morgan fingerprint density at radius 3 is 1.72 bits per heavy atom. The summed E-state index contributed by atoms with van der Waals surface area (Å²) in [5, 5.41) is 33.7. The van der Waals surface area contributed by atoms with Gasteiger partial charge in [-0.2, -0.15) is 15.8 Å². The summed E-state index contributed by atoms with van der Waals surface area (Å²) in [5.74, 6) is 0.464. The molecule has 0 spiro atoms. The molecule has 0 fully saturated rings. The number of ether oxygens (including phenoxy) is 1. The summed E-state index contributed by atoms with van der Waals surface area (Å²) in [6.45, 7) is 0.590. The molecule has 2 aromatic heterocycles. The highest BCUT2D eigenvalue weighted by Crippen LogP contribution is 2.48. The highest BCUT2D eigenvalue weighted by atomic mass is 16.5. The van der Waals surface area contributed by atoms with Crippen molar-refractivity contribution in [2.45, 2.75) is 31.8 Å². The van der Waals surface area contributed by atoms with Gasteiger partial charge in [0.1, 0.15) is 6.07 Å². The van der Waals surface area contributed by atoms with E-state index in [0.29, 0.717) is 29.2 Å². The molecule has 3 heterocycles. The van der Waals surface area contributed by atoms with E-state index in [0.717, 1.165) is 92.7 Å². The number of para-hydroxylation sites is 2. The number of hydrogen-bond donors (Lipinski definition) is 0. The van der Waals surface area contributed by atoms with Crippen molar-refractivity contribution < 1.29 is 4.74 Å². The van der Waals surface area contributed by atoms with Gasteiger partial charge in [-0.25, -0.2) is 0 Å². The molecule has 6 heteroatoms. The number of rotatable bonds is 4. The van der Waals surface area contributed by atoms with Crippen molar-refractivity contribution >= 4 is 34.0 Å². The van der Waals surface area contributed by atoms with Crippen molar-refractivity contribution in [3.05, 3.63) is 178 Å². The minimum Gasteiger partial charge on any atom is -0.369 e. The van der Waals surface area contributed by atoms with Gasteiger partial charge in [-0.1, -0.05) is 85.0 Å². The van der Waals surface area contributed by atoms with Crippen LogP contribution in [0, 0.1) is 39.9 Å². The predicted molar refractivity (Wildman–Crippen MR) is 229 cm³/mol. The standard InChI is InChI=1S/C52H35N5O/c53-29-32-15-19-34(20-16-32)51-43(31-55)52(35-21-17-33(30-54)18-22-35)49(57-45-14-6-4-12-40(45)42-27-50-38(26-47(42)57)10-7-23-58-50)28-48(51)56-44-13-5-3-11-39(44)41-24-36-8-1-2-9-37(36)25-46(41)56/h2-7,9-22,25-26,28,36,50H,1,8,23-24,27H2. The van der Waals surface area contributed by atoms with Crippen molar-refractivity contribution in [2.24, 2.45) is 5.92 Å². The van der Waals surface area contributed by atoms with Crippen LogP contribution in [0.3, 0.4) is 0 Å². The third-order valence-electron chi connectivity index (χ3n) is 12.5. The fraction of sp³-hybridized carbons (Fsp3) is 0.135. The van der Waals surface area contributed by atoms with E-state index < -0.39 is 0 Å². The van der Waals surface area contributed by atoms with Crippen LogP contribution in [0.15, 0.2) is 139 Å². The average Bonchev–Trinajstić information content (AvgIpc) is 3.78. The molecule has 274 valence electrons. The lowest BCUT2D eigenvalue weighted by atomic mass is 9.79. The van der Waals surface area contributed by atoms with Gasteiger partial charge in [-0.3, -0.25) is 0 Å². The first-order chi connectivity index (χ1) is 28.6. The van der Waals surface area contributed by atoms with E-state index in [9.17, 15) is 15.8 Å². The monoisotopic (exact) mass is 745 g/mol. The van der Waals surface area contributed by atoms with Gasteiger partial charge in [0.15, 0.2) is 0 Å². The Morgan fingerprint density at radius 1 is 0.586 bits per heavy atom. The van der Waals surface area contributed by atoms with Crippen LogP contribution in [0.5, 0.6) is 0 Å². The molecule has 11 rings (SSSR count). The summed E-state index contributed by atoms with van der Waals surface area (Å²) in [6, 6.07) is 41.9. The second-order valence-electron chi connectivity index (χ2n) is 15.6. The SMILES string of the molecule is N#Cc1ccc(-c2c(-n3c4c(c5ccccc53)CC3CCC=CC3=C4)cc(-n3c4c(c5ccccc53)CC3OCC=CC3=C4)c(-c3ccc(C#N)cc3)c2C#N)cc1. The van der Waals surface area contributed by atoms with Gasteiger partial charge in [0.2, 0.25) is 0 Å². The first-order valence-corrected chi connectivity index (χ1v) is 19.9. The molecule has 0 radical (unpaired) electrons. The zero-order chi connectivity index (χ0) is 38.9. The highest BCUT2D eigenvalue weighted by molar-refractivity contribution is 6.00. The molecule has 0 saturated heterocycles. The van der Waals surface area contributed by atoms with Crippen LogP contribution < -0.4 is 0 Å². The van der Waals surface area contributed by atoms with Crippen molar-refractivity contribution in [2.75, 3.05) is 6.61 Å². The largest absolute Gasteiger partial charge is 0.369 e. The highest BCUT2D eigenvalue weighted by Gasteiger charge is 2.33. The van der Waals surface area contributed by atoms with Gasteiger partial charge in [-0.15, -0.1) is 0 Å². The lowest BCUT2D eigenvalue weighted by molar-refractivity contribution is 0.0971. The van der Waals surface area contributed by atoms with E-state index in [4.69, 9.17) is 4.74 Å². The third kappa shape index (κ3) is 5.12. The third-order valence-corrected chi connectivity index (χ3v) is 12.5. The maximum Gasteiger partial charge on any atom is 0.101 e. The van der Waals surface area contributed by atoms with Crippen LogP contribution >= 0.6 is 0 Å². The lowest BCUT2D eigenvalue weighted by Crippen LogP contribution is -2.24. The van der Waals surface area contributed by atoms with Crippen LogP contribution in [0.1, 0.15) is 52.0 Å². The van der Waals surface area contributed by atoms with Crippen LogP contribution in [-0.2, 0) is 17.6 Å². The summed E-state index contributed by atoms with van der Waals surface area (Å²) >= 11 is 0. The second kappa shape index (κ2) is 13.4. The normalized spacial score (nSPS) is 17.6. The minimum absolute atomic E-state index is 0.0257. The van der Waals surface area contributed by atoms with Crippen LogP contribution in [0.2, 0.25) is 0 Å². The fourth-order valence-electron chi connectivity index (χ4n) is 9.86. The number of fused-ring (bicyclic) bond motifs is 8. The van der Waals surface area contributed by atoms with Gasteiger partial charge < -0.3 is 13.9 Å². The summed E-state index contributed by atoms with van der Waals surface area (Å²) in [7, 11) is 0. The molecule has 0 N–H and O–H groups in total. The van der Waals surface area contributed by atoms with Crippen LogP contribution in [0.25, 0.3) is 67.6 Å². The first kappa shape index (κ1) is 33.9. The van der Waals surface area contributed by atoms with Gasteiger partial charge in [0, 0.05) is 28.3 Å². The fourth-order valence-corrected chi connectivity index (χ4v) is 9.86. The maximum absolute atomic E-state index is 11.6. The van der Waals surface area contributed by atoms with E-state index in [1.54, 1.807) is 0 Å². The lowest BCUT2D eigenvalue weighted by Gasteiger charge is -2.28. The summed E-state index contributed by atoms with van der Waals surface area (Å²) in [4.78, 5) is 0. The molecule has 4 aliphatic rings. The molecule has 1 aliphatic heterocycles. The van der Waals surface area contributed by atoms with Gasteiger partial charge in [0.25, 0.3) is 0 Å². The van der Waals surface area contributed by atoms with E-state index in [2.05, 4.69) is 118 Å². The molecule has 2 unspecified atom stereocenters. The Morgan fingerprint density at radius 2 is 1.14 bits per heavy atom. The molecular formula is C52H35N5O. The molecule has 2 atom stereocenters. The van der Waals surface area contributed by atoms with E-state index in [-0.39, 0.29) is 6.10 Å². The van der Waals surface area contributed by atoms with E-state index in [1.807, 2.05) is 48.5 Å². The Hall–Kier alpha value is -7.43. The smallest absolute Gasteiger partial charge is 0.101 e. The molecule has 58 heavy (non-hydrogen) atoms. The van der Waals surface area contributed by atoms with Gasteiger partial charge in [-0.05, 0) is 113 Å². The van der Waals surface area contributed by atoms with Crippen LogP contribution in [-0.4, -0.2) is 21.8 Å². The zero-order valence-corrected chi connectivity index (χ0v) is 31.6. The Labute approximate surface area is 336 Å². The molecule has 0 amide bonds. The van der Waals surface area contributed by atoms with Crippen molar-refractivity contribution in [1.82, 2.24) is 9.13 Å². The van der Waals surface area contributed by atoms with Crippen molar-refractivity contribution in [3.8, 4) is 51.8 Å². The molecule has 0 saturated carbocycles. The maximum atomic E-state index is 11.6. The van der Waals surface area contributed by atoms with Crippen molar-refractivity contribution in [1.29, 1.82) is 15.8 Å². The Balaban J connectivity index is 1.32. The number of nitriles is 3. The second-order valence-corrected chi connectivity index (χ2v) is 15.6. The van der Waals surface area contributed by atoms with Crippen molar-refractivity contribution in [3.63, 3.8) is 0 Å². The molecule has 0 bridgehead atoms. The zero-order valence-electron chi connectivity index (χ0n) is 31.6. The number of aromatic nitrogens is 2. The molecular weight excluding hydrogens is 711 g/mol. The average molecular weight is 746 g/mol. The van der Waals surface area contributed by atoms with E-state index >= 15 is 0 Å². The predicted octanol–water partition coefficient (Wildman–Crippen LogP) is 11.3. The number of benzene rings is 5. The number of nitrogens with zero attached hydrogens (tertiary/aromatic N) is 5. The summed E-state index contributed by atoms with van der Waals surface area (Å²) < 4.78 is 11.0. The molecule has 5 aromatic carbocycles. The summed E-state index contributed by atoms with van der Waals surface area (Å²) in [6.07, 6.45) is 17.3. The van der Waals surface area contributed by atoms with Gasteiger partial charge >= 0.3 is 0 Å². The Kier molecular flexibility index (Phi) is 7.80. The molecule has 6 nitrogen and oxygen atoms in total. The minimum atomic E-state index is -0.0257. The number of allylic oxidation sites excluding steroid dienone is 3. The van der Waals surface area contributed by atoms with Gasteiger partial charge in [0.05, 0.1) is 75.3 Å². The summed E-state index contributed by atoms with van der Waals surface area (Å²) in [5.41, 5.74) is 15.9. The molecule has 7 aromatic rings. The number of hydrogen-bond acceptors (Lipinski definition) is 4. The Bertz CT molecular complexity index is 2940.